The van der Waals surface area contributed by atoms with E-state index in [9.17, 15) is 0 Å². The minimum absolute atomic E-state index is 0.554. The standard InChI is InChI=1S/C7H8Cl2/c1-3-6(8)5-7(9)4-2/h3-5H,1H2,2H3. The molecule has 0 saturated heterocycles. The molecule has 0 saturated carbocycles. The first-order chi connectivity index (χ1) is 4.20. The molecule has 2 heteroatoms. The van der Waals surface area contributed by atoms with Gasteiger partial charge in [0, 0.05) is 10.1 Å². The van der Waals surface area contributed by atoms with Gasteiger partial charge in [-0.15, -0.1) is 0 Å². The van der Waals surface area contributed by atoms with E-state index in [1.807, 2.05) is 6.92 Å². The van der Waals surface area contributed by atoms with Gasteiger partial charge in [0.2, 0.25) is 0 Å². The summed E-state index contributed by atoms with van der Waals surface area (Å²) in [7, 11) is 0. The van der Waals surface area contributed by atoms with Crippen LogP contribution < -0.4 is 0 Å². The second kappa shape index (κ2) is 4.66. The third-order valence-electron chi connectivity index (χ3n) is 0.747. The van der Waals surface area contributed by atoms with Crippen LogP contribution >= 0.6 is 23.2 Å². The summed E-state index contributed by atoms with van der Waals surface area (Å²) >= 11 is 11.1. The highest BCUT2D eigenvalue weighted by molar-refractivity contribution is 6.35. The molecule has 0 aromatic carbocycles. The predicted octanol–water partition coefficient (Wildman–Crippen LogP) is 3.44. The molecule has 0 bridgehead atoms. The van der Waals surface area contributed by atoms with Gasteiger partial charge in [-0.1, -0.05) is 41.9 Å². The van der Waals surface area contributed by atoms with Gasteiger partial charge < -0.3 is 0 Å². The van der Waals surface area contributed by atoms with Crippen molar-refractivity contribution in [2.75, 3.05) is 0 Å². The molecular formula is C7H8Cl2. The molecule has 9 heavy (non-hydrogen) atoms. The van der Waals surface area contributed by atoms with Gasteiger partial charge in [0.1, 0.15) is 0 Å². The van der Waals surface area contributed by atoms with Crippen LogP contribution in [0.5, 0.6) is 0 Å². The van der Waals surface area contributed by atoms with Crippen molar-refractivity contribution in [3.05, 3.63) is 34.9 Å². The molecular weight excluding hydrogens is 155 g/mol. The van der Waals surface area contributed by atoms with Gasteiger partial charge in [-0.25, -0.2) is 0 Å². The fourth-order valence-corrected chi connectivity index (χ4v) is 0.565. The largest absolute Gasteiger partial charge is 0.0976 e. The van der Waals surface area contributed by atoms with Crippen LogP contribution in [0, 0.1) is 0 Å². The highest BCUT2D eigenvalue weighted by atomic mass is 35.5. The van der Waals surface area contributed by atoms with E-state index in [4.69, 9.17) is 23.2 Å². The van der Waals surface area contributed by atoms with Crippen molar-refractivity contribution in [2.24, 2.45) is 0 Å². The second-order valence-corrected chi connectivity index (χ2v) is 2.28. The van der Waals surface area contributed by atoms with Crippen molar-refractivity contribution < 1.29 is 0 Å². The number of hydrogen-bond acceptors (Lipinski definition) is 0. The van der Waals surface area contributed by atoms with Crippen LogP contribution in [0.4, 0.5) is 0 Å². The van der Waals surface area contributed by atoms with Crippen molar-refractivity contribution in [1.82, 2.24) is 0 Å². The Morgan fingerprint density at radius 1 is 1.33 bits per heavy atom. The van der Waals surface area contributed by atoms with Crippen LogP contribution in [0.3, 0.4) is 0 Å². The number of hydrogen-bond donors (Lipinski definition) is 0. The molecule has 0 aliphatic rings. The van der Waals surface area contributed by atoms with Gasteiger partial charge in [-0.3, -0.25) is 0 Å². The number of allylic oxidation sites excluding steroid dienone is 5. The van der Waals surface area contributed by atoms with E-state index < -0.39 is 0 Å². The maximum Gasteiger partial charge on any atom is 0.0414 e. The van der Waals surface area contributed by atoms with E-state index in [0.29, 0.717) is 10.1 Å². The fourth-order valence-electron chi connectivity index (χ4n) is 0.274. The van der Waals surface area contributed by atoms with Gasteiger partial charge >= 0.3 is 0 Å². The smallest absolute Gasteiger partial charge is 0.0414 e. The summed E-state index contributed by atoms with van der Waals surface area (Å²) in [5, 5.41) is 1.18. The molecule has 0 aromatic heterocycles. The quantitative estimate of drug-likeness (QED) is 0.547. The van der Waals surface area contributed by atoms with Gasteiger partial charge in [-0.2, -0.15) is 0 Å². The molecule has 0 unspecified atom stereocenters. The molecule has 0 amide bonds. The van der Waals surface area contributed by atoms with Gasteiger partial charge in [0.05, 0.1) is 0 Å². The third kappa shape index (κ3) is 4.31. The summed E-state index contributed by atoms with van der Waals surface area (Å²) in [6.45, 7) is 5.30. The zero-order chi connectivity index (χ0) is 7.28. The van der Waals surface area contributed by atoms with E-state index in [-0.39, 0.29) is 0 Å². The SMILES string of the molecule is C=CC(Cl)=CC(Cl)=CC. The topological polar surface area (TPSA) is 0 Å². The zero-order valence-corrected chi connectivity index (χ0v) is 6.71. The minimum atomic E-state index is 0.554. The maximum absolute atomic E-state index is 5.59. The Kier molecular flexibility index (Phi) is 4.55. The highest BCUT2D eigenvalue weighted by Gasteiger charge is 1.84. The van der Waals surface area contributed by atoms with Crippen molar-refractivity contribution >= 4 is 23.2 Å². The summed E-state index contributed by atoms with van der Waals surface area (Å²) < 4.78 is 0. The number of rotatable bonds is 2. The van der Waals surface area contributed by atoms with Gasteiger partial charge in [-0.05, 0) is 13.0 Å². The molecule has 0 nitrogen and oxygen atoms in total. The minimum Gasteiger partial charge on any atom is -0.0976 e. The van der Waals surface area contributed by atoms with Crippen molar-refractivity contribution in [2.45, 2.75) is 6.92 Å². The molecule has 50 valence electrons. The molecule has 0 rings (SSSR count). The predicted molar refractivity (Wildman–Crippen MR) is 43.7 cm³/mol. The van der Waals surface area contributed by atoms with Crippen LogP contribution in [0.1, 0.15) is 6.92 Å². The van der Waals surface area contributed by atoms with E-state index in [2.05, 4.69) is 6.58 Å². The lowest BCUT2D eigenvalue weighted by molar-refractivity contribution is 1.68. The van der Waals surface area contributed by atoms with Crippen LogP contribution in [0.15, 0.2) is 34.9 Å². The lowest BCUT2D eigenvalue weighted by Gasteiger charge is -1.85. The summed E-state index contributed by atoms with van der Waals surface area (Å²) in [5.74, 6) is 0. The molecule has 0 heterocycles. The Balaban J connectivity index is 4.11. The Bertz CT molecular complexity index is 154. The van der Waals surface area contributed by atoms with E-state index in [1.54, 1.807) is 12.2 Å². The van der Waals surface area contributed by atoms with Crippen molar-refractivity contribution in [3.63, 3.8) is 0 Å². The summed E-state index contributed by atoms with van der Waals surface area (Å²) in [6.07, 6.45) is 4.93. The average molecular weight is 163 g/mol. The fraction of sp³-hybridized carbons (Fsp3) is 0.143. The average Bonchev–Trinajstić information content (AvgIpc) is 1.87. The Labute approximate surface area is 65.5 Å². The normalized spacial score (nSPS) is 13.7. The van der Waals surface area contributed by atoms with Crippen LogP contribution in [-0.2, 0) is 0 Å². The first kappa shape index (κ1) is 8.80. The van der Waals surface area contributed by atoms with E-state index in [0.717, 1.165) is 0 Å². The van der Waals surface area contributed by atoms with Gasteiger partial charge in [0.25, 0.3) is 0 Å². The number of halogens is 2. The second-order valence-electron chi connectivity index (χ2n) is 1.41. The van der Waals surface area contributed by atoms with Gasteiger partial charge in [0.15, 0.2) is 0 Å². The summed E-state index contributed by atoms with van der Waals surface area (Å²) in [5.41, 5.74) is 0. The third-order valence-corrected chi connectivity index (χ3v) is 1.34. The zero-order valence-electron chi connectivity index (χ0n) is 5.20. The van der Waals surface area contributed by atoms with Crippen LogP contribution in [0.25, 0.3) is 0 Å². The van der Waals surface area contributed by atoms with Crippen molar-refractivity contribution in [1.29, 1.82) is 0 Å². The molecule has 0 N–H and O–H groups in total. The Morgan fingerprint density at radius 2 is 1.89 bits per heavy atom. The summed E-state index contributed by atoms with van der Waals surface area (Å²) in [6, 6.07) is 0. The Hall–Kier alpha value is -0.200. The molecule has 0 atom stereocenters. The maximum atomic E-state index is 5.59. The molecule has 0 aliphatic carbocycles. The molecule has 0 aliphatic heterocycles. The lowest BCUT2D eigenvalue weighted by Crippen LogP contribution is -1.63. The highest BCUT2D eigenvalue weighted by Crippen LogP contribution is 2.10. The van der Waals surface area contributed by atoms with E-state index in [1.165, 1.54) is 6.08 Å². The van der Waals surface area contributed by atoms with Crippen molar-refractivity contribution in [3.8, 4) is 0 Å². The molecule has 0 radical (unpaired) electrons. The molecule has 0 fully saturated rings. The van der Waals surface area contributed by atoms with Crippen LogP contribution in [0.2, 0.25) is 0 Å². The van der Waals surface area contributed by atoms with Crippen LogP contribution in [-0.4, -0.2) is 0 Å². The molecule has 0 aromatic rings. The molecule has 0 spiro atoms. The first-order valence-electron chi connectivity index (χ1n) is 2.52. The lowest BCUT2D eigenvalue weighted by atomic mass is 10.4. The first-order valence-corrected chi connectivity index (χ1v) is 3.27. The Morgan fingerprint density at radius 3 is 2.22 bits per heavy atom. The monoisotopic (exact) mass is 162 g/mol. The summed E-state index contributed by atoms with van der Waals surface area (Å²) in [4.78, 5) is 0. The van der Waals surface area contributed by atoms with E-state index >= 15 is 0 Å².